The van der Waals surface area contributed by atoms with E-state index >= 15 is 0 Å². The van der Waals surface area contributed by atoms with Gasteiger partial charge in [0.1, 0.15) is 0 Å². The summed E-state index contributed by atoms with van der Waals surface area (Å²) in [6.07, 6.45) is 0.889. The Kier molecular flexibility index (Phi) is 3.39. The Balaban J connectivity index is 2.70. The lowest BCUT2D eigenvalue weighted by Crippen LogP contribution is -2.45. The molecule has 0 radical (unpaired) electrons. The number of hydrogen-bond donors (Lipinski definition) is 0. The van der Waals surface area contributed by atoms with Crippen LogP contribution in [0, 0.1) is 23.7 Å². The molecule has 0 aromatic rings. The summed E-state index contributed by atoms with van der Waals surface area (Å²) in [6, 6.07) is 0. The third-order valence-corrected chi connectivity index (χ3v) is 3.95. The first-order chi connectivity index (χ1) is 5.95. The molecule has 78 valence electrons. The van der Waals surface area contributed by atoms with E-state index in [0.717, 1.165) is 5.92 Å². The lowest BCUT2D eigenvalue weighted by Gasteiger charge is -2.44. The van der Waals surface area contributed by atoms with Crippen molar-refractivity contribution in [2.45, 2.75) is 53.8 Å². The highest BCUT2D eigenvalue weighted by Gasteiger charge is 2.37. The molecule has 1 nitrogen and oxygen atoms in total. The molecule has 1 saturated heterocycles. The second-order valence-corrected chi connectivity index (χ2v) is 5.13. The van der Waals surface area contributed by atoms with Gasteiger partial charge in [-0.3, -0.25) is 0 Å². The Morgan fingerprint density at radius 1 is 0.846 bits per heavy atom. The third kappa shape index (κ3) is 2.07. The van der Waals surface area contributed by atoms with Crippen LogP contribution in [0.25, 0.3) is 0 Å². The van der Waals surface area contributed by atoms with E-state index < -0.39 is 0 Å². The lowest BCUT2D eigenvalue weighted by atomic mass is 9.74. The van der Waals surface area contributed by atoms with E-state index in [-0.39, 0.29) is 0 Å². The molecule has 0 aromatic heterocycles. The average molecular weight is 184 g/mol. The molecule has 1 rings (SSSR count). The van der Waals surface area contributed by atoms with Gasteiger partial charge in [-0.05, 0) is 30.6 Å². The molecule has 13 heavy (non-hydrogen) atoms. The topological polar surface area (TPSA) is 9.23 Å². The first-order valence-electron chi connectivity index (χ1n) is 5.60. The maximum absolute atomic E-state index is 6.04. The van der Waals surface area contributed by atoms with Crippen molar-refractivity contribution in [1.82, 2.24) is 0 Å². The van der Waals surface area contributed by atoms with Gasteiger partial charge in [0.05, 0.1) is 12.2 Å². The lowest BCUT2D eigenvalue weighted by molar-refractivity contribution is -0.141. The van der Waals surface area contributed by atoms with E-state index in [1.807, 2.05) is 0 Å². The fourth-order valence-electron chi connectivity index (χ4n) is 2.47. The van der Waals surface area contributed by atoms with E-state index in [2.05, 4.69) is 41.5 Å². The summed E-state index contributed by atoms with van der Waals surface area (Å²) in [5.41, 5.74) is 0. The second-order valence-electron chi connectivity index (χ2n) is 5.13. The summed E-state index contributed by atoms with van der Waals surface area (Å²) in [6.45, 7) is 13.7. The summed E-state index contributed by atoms with van der Waals surface area (Å²) in [7, 11) is 0. The number of hydrogen-bond acceptors (Lipinski definition) is 1. The van der Waals surface area contributed by atoms with Crippen LogP contribution in [0.3, 0.4) is 0 Å². The summed E-state index contributed by atoms with van der Waals surface area (Å²) < 4.78 is 6.04. The zero-order valence-electron chi connectivity index (χ0n) is 9.87. The van der Waals surface area contributed by atoms with E-state index in [4.69, 9.17) is 4.74 Å². The van der Waals surface area contributed by atoms with Crippen molar-refractivity contribution in [3.05, 3.63) is 0 Å². The molecule has 0 aromatic carbocycles. The van der Waals surface area contributed by atoms with Gasteiger partial charge in [0.15, 0.2) is 0 Å². The van der Waals surface area contributed by atoms with Gasteiger partial charge < -0.3 is 4.74 Å². The predicted molar refractivity (Wildman–Crippen MR) is 56.7 cm³/mol. The fraction of sp³-hybridized carbons (Fsp3) is 1.00. The number of rotatable bonds is 1. The smallest absolute Gasteiger partial charge is 0.0629 e. The molecule has 5 atom stereocenters. The second kappa shape index (κ2) is 4.00. The standard InChI is InChI=1S/C12H24O/c1-7(2)12-10(5)8(3)9(4)11(6)13-12/h7-12H,1-6H3/t8-,9+,10+,11+,12+/m0/s1. The van der Waals surface area contributed by atoms with Gasteiger partial charge in [-0.1, -0.05) is 34.6 Å². The monoisotopic (exact) mass is 184 g/mol. The summed E-state index contributed by atoms with van der Waals surface area (Å²) >= 11 is 0. The van der Waals surface area contributed by atoms with Crippen LogP contribution >= 0.6 is 0 Å². The minimum Gasteiger partial charge on any atom is -0.374 e. The zero-order chi connectivity index (χ0) is 10.2. The first-order valence-corrected chi connectivity index (χ1v) is 5.60. The molecule has 1 fully saturated rings. The van der Waals surface area contributed by atoms with Crippen LogP contribution in [0.15, 0.2) is 0 Å². The van der Waals surface area contributed by atoms with Gasteiger partial charge in [-0.2, -0.15) is 0 Å². The van der Waals surface area contributed by atoms with Crippen LogP contribution in [0.2, 0.25) is 0 Å². The molecular weight excluding hydrogens is 160 g/mol. The molecular formula is C12H24O. The molecule has 0 aliphatic carbocycles. The zero-order valence-corrected chi connectivity index (χ0v) is 9.87. The van der Waals surface area contributed by atoms with Gasteiger partial charge in [-0.15, -0.1) is 0 Å². The van der Waals surface area contributed by atoms with Gasteiger partial charge >= 0.3 is 0 Å². The molecule has 0 spiro atoms. The minimum atomic E-state index is 0.429. The average Bonchev–Trinajstić information content (AvgIpc) is 2.07. The van der Waals surface area contributed by atoms with Crippen LogP contribution in [-0.2, 0) is 4.74 Å². The van der Waals surface area contributed by atoms with Crippen molar-refractivity contribution in [1.29, 1.82) is 0 Å². The molecule has 0 bridgehead atoms. The molecule has 0 N–H and O–H groups in total. The van der Waals surface area contributed by atoms with Crippen molar-refractivity contribution in [3.8, 4) is 0 Å². The van der Waals surface area contributed by atoms with Crippen LogP contribution in [0.1, 0.15) is 41.5 Å². The highest BCUT2D eigenvalue weighted by atomic mass is 16.5. The Morgan fingerprint density at radius 3 is 1.85 bits per heavy atom. The normalized spacial score (nSPS) is 46.8. The van der Waals surface area contributed by atoms with E-state index in [1.54, 1.807) is 0 Å². The van der Waals surface area contributed by atoms with Gasteiger partial charge in [0, 0.05) is 0 Å². The SMILES string of the molecule is CC(C)[C@H]1O[C@H](C)[C@H](C)[C@H](C)[C@H]1C. The van der Waals surface area contributed by atoms with Crippen LogP contribution in [0.5, 0.6) is 0 Å². The quantitative estimate of drug-likeness (QED) is 0.607. The Bertz CT molecular complexity index is 165. The summed E-state index contributed by atoms with van der Waals surface area (Å²) in [4.78, 5) is 0. The highest BCUT2D eigenvalue weighted by Crippen LogP contribution is 2.37. The number of ether oxygens (including phenoxy) is 1. The Morgan fingerprint density at radius 2 is 1.38 bits per heavy atom. The third-order valence-electron chi connectivity index (χ3n) is 3.95. The van der Waals surface area contributed by atoms with Gasteiger partial charge in [0.25, 0.3) is 0 Å². The highest BCUT2D eigenvalue weighted by molar-refractivity contribution is 4.85. The van der Waals surface area contributed by atoms with Crippen molar-refractivity contribution in [2.75, 3.05) is 0 Å². The summed E-state index contributed by atoms with van der Waals surface area (Å²) in [5, 5.41) is 0. The molecule has 1 aliphatic heterocycles. The van der Waals surface area contributed by atoms with Crippen LogP contribution in [0.4, 0.5) is 0 Å². The molecule has 0 unspecified atom stereocenters. The molecule has 1 heteroatoms. The summed E-state index contributed by atoms with van der Waals surface area (Å²) in [5.74, 6) is 2.83. The van der Waals surface area contributed by atoms with Crippen molar-refractivity contribution in [3.63, 3.8) is 0 Å². The largest absolute Gasteiger partial charge is 0.374 e. The van der Waals surface area contributed by atoms with Crippen molar-refractivity contribution in [2.24, 2.45) is 23.7 Å². The molecule has 1 heterocycles. The first kappa shape index (κ1) is 11.0. The molecule has 0 saturated carbocycles. The van der Waals surface area contributed by atoms with Gasteiger partial charge in [-0.25, -0.2) is 0 Å². The maximum atomic E-state index is 6.04. The maximum Gasteiger partial charge on any atom is 0.0629 e. The van der Waals surface area contributed by atoms with Crippen molar-refractivity contribution >= 4 is 0 Å². The van der Waals surface area contributed by atoms with E-state index in [1.165, 1.54) is 0 Å². The van der Waals surface area contributed by atoms with E-state index in [0.29, 0.717) is 30.0 Å². The fourth-order valence-corrected chi connectivity index (χ4v) is 2.47. The van der Waals surface area contributed by atoms with Crippen molar-refractivity contribution < 1.29 is 4.74 Å². The Labute approximate surface area is 82.9 Å². The van der Waals surface area contributed by atoms with E-state index in [9.17, 15) is 0 Å². The van der Waals surface area contributed by atoms with Crippen LogP contribution in [-0.4, -0.2) is 12.2 Å². The molecule has 0 amide bonds. The predicted octanol–water partition coefficient (Wildman–Crippen LogP) is 3.34. The van der Waals surface area contributed by atoms with Gasteiger partial charge in [0.2, 0.25) is 0 Å². The Hall–Kier alpha value is -0.0400. The van der Waals surface area contributed by atoms with Crippen LogP contribution < -0.4 is 0 Å². The molecule has 1 aliphatic rings. The minimum absolute atomic E-state index is 0.429.